The summed E-state index contributed by atoms with van der Waals surface area (Å²) in [4.78, 5) is 26.9. The predicted molar refractivity (Wildman–Crippen MR) is 79.3 cm³/mol. The van der Waals surface area contributed by atoms with E-state index in [1.165, 1.54) is 0 Å². The zero-order chi connectivity index (χ0) is 16.2. The minimum absolute atomic E-state index is 0.0334. The highest BCUT2D eigenvalue weighted by Crippen LogP contribution is 2.23. The van der Waals surface area contributed by atoms with Crippen molar-refractivity contribution in [1.82, 2.24) is 10.3 Å². The second-order valence-corrected chi connectivity index (χ2v) is 7.87. The van der Waals surface area contributed by atoms with Crippen LogP contribution in [-0.4, -0.2) is 41.9 Å². The molecule has 1 aromatic rings. The van der Waals surface area contributed by atoms with Gasteiger partial charge in [-0.2, -0.15) is 0 Å². The van der Waals surface area contributed by atoms with E-state index in [0.717, 1.165) is 11.3 Å². The molecule has 0 fully saturated rings. The average Bonchev–Trinajstić information content (AvgIpc) is 2.70. The van der Waals surface area contributed by atoms with Gasteiger partial charge in [0.2, 0.25) is 5.91 Å². The van der Waals surface area contributed by atoms with Gasteiger partial charge in [-0.15, -0.1) is 11.3 Å². The maximum Gasteiger partial charge on any atom is 0.347 e. The molecular weight excluding hydrogens is 316 g/mol. The van der Waals surface area contributed by atoms with Crippen LogP contribution in [0.4, 0.5) is 0 Å². The average molecular weight is 334 g/mol. The van der Waals surface area contributed by atoms with Crippen molar-refractivity contribution < 1.29 is 23.1 Å². The number of carbonyl (C=O) groups excluding carboxylic acids is 1. The number of carboxylic acid groups (broad SMARTS) is 1. The Labute approximate surface area is 127 Å². The molecule has 7 nitrogen and oxygen atoms in total. The number of rotatable bonds is 7. The summed E-state index contributed by atoms with van der Waals surface area (Å²) in [7, 11) is -3.40. The second-order valence-electron chi connectivity index (χ2n) is 4.65. The van der Waals surface area contributed by atoms with Gasteiger partial charge in [0.1, 0.15) is 15.6 Å². The highest BCUT2D eigenvalue weighted by molar-refractivity contribution is 7.92. The van der Waals surface area contributed by atoms with Crippen LogP contribution in [0, 0.1) is 6.92 Å². The largest absolute Gasteiger partial charge is 0.477 e. The third-order valence-corrected chi connectivity index (χ3v) is 5.68. The normalized spacial score (nSPS) is 12.9. The number of amides is 1. The molecule has 1 atom stereocenters. The number of aryl methyl sites for hydroxylation is 1. The molecule has 0 aliphatic heterocycles. The summed E-state index contributed by atoms with van der Waals surface area (Å²) in [5.74, 6) is -2.28. The Kier molecular flexibility index (Phi) is 5.85. The number of hydrogen-bond acceptors (Lipinski definition) is 6. The number of thiazole rings is 1. The maximum absolute atomic E-state index is 11.7. The van der Waals surface area contributed by atoms with Crippen molar-refractivity contribution in [2.75, 3.05) is 11.5 Å². The van der Waals surface area contributed by atoms with Gasteiger partial charge < -0.3 is 10.4 Å². The van der Waals surface area contributed by atoms with Crippen LogP contribution in [-0.2, 0) is 14.6 Å². The summed E-state index contributed by atoms with van der Waals surface area (Å²) in [5.41, 5.74) is 0.377. The number of sulfone groups is 1. The van der Waals surface area contributed by atoms with Gasteiger partial charge in [-0.25, -0.2) is 18.2 Å². The molecule has 1 rings (SSSR count). The number of carboxylic acids is 1. The molecule has 0 bridgehead atoms. The molecule has 0 spiro atoms. The molecule has 2 N–H and O–H groups in total. The van der Waals surface area contributed by atoms with Crippen LogP contribution in [0.1, 0.15) is 46.7 Å². The summed E-state index contributed by atoms with van der Waals surface area (Å²) >= 11 is 0.971. The number of carbonyl (C=O) groups is 2. The van der Waals surface area contributed by atoms with Crippen LogP contribution < -0.4 is 5.32 Å². The van der Waals surface area contributed by atoms with Crippen molar-refractivity contribution in [2.24, 2.45) is 0 Å². The van der Waals surface area contributed by atoms with E-state index in [9.17, 15) is 18.0 Å². The highest BCUT2D eigenvalue weighted by atomic mass is 32.2. The standard InChI is InChI=1S/C12H18N2O5S2/c1-4-5-21(18,19)6-9(15)13-8(3)11-14-7(2)10(20-11)12(16)17/h8H,4-6H2,1-3H3,(H,13,15)(H,16,17). The van der Waals surface area contributed by atoms with E-state index in [4.69, 9.17) is 5.11 Å². The van der Waals surface area contributed by atoms with E-state index >= 15 is 0 Å². The van der Waals surface area contributed by atoms with Crippen molar-refractivity contribution >= 4 is 33.1 Å². The summed E-state index contributed by atoms with van der Waals surface area (Å²) in [6.07, 6.45) is 0.457. The molecule has 0 saturated heterocycles. The molecular formula is C12H18N2O5S2. The molecule has 1 aromatic heterocycles. The van der Waals surface area contributed by atoms with Crippen molar-refractivity contribution in [3.05, 3.63) is 15.6 Å². The first kappa shape index (κ1) is 17.6. The lowest BCUT2D eigenvalue weighted by atomic mass is 10.3. The van der Waals surface area contributed by atoms with Gasteiger partial charge in [-0.05, 0) is 20.3 Å². The van der Waals surface area contributed by atoms with Crippen LogP contribution in [0.25, 0.3) is 0 Å². The second kappa shape index (κ2) is 6.99. The van der Waals surface area contributed by atoms with Crippen LogP contribution in [0.5, 0.6) is 0 Å². The first-order valence-corrected chi connectivity index (χ1v) is 9.00. The number of nitrogens with one attached hydrogen (secondary N) is 1. The molecule has 21 heavy (non-hydrogen) atoms. The van der Waals surface area contributed by atoms with E-state index in [2.05, 4.69) is 10.3 Å². The molecule has 118 valence electrons. The number of aromatic nitrogens is 1. The molecule has 0 aliphatic carbocycles. The monoisotopic (exact) mass is 334 g/mol. The zero-order valence-electron chi connectivity index (χ0n) is 12.0. The topological polar surface area (TPSA) is 113 Å². The van der Waals surface area contributed by atoms with E-state index in [1.807, 2.05) is 0 Å². The zero-order valence-corrected chi connectivity index (χ0v) is 13.7. The molecule has 1 amide bonds. The highest BCUT2D eigenvalue weighted by Gasteiger charge is 2.21. The van der Waals surface area contributed by atoms with Crippen LogP contribution >= 0.6 is 11.3 Å². The minimum Gasteiger partial charge on any atom is -0.477 e. The number of nitrogens with zero attached hydrogens (tertiary/aromatic N) is 1. The van der Waals surface area contributed by atoms with Crippen molar-refractivity contribution in [3.8, 4) is 0 Å². The molecule has 0 aliphatic rings. The predicted octanol–water partition coefficient (Wildman–Crippen LogP) is 1.15. The molecule has 1 heterocycles. The fourth-order valence-electron chi connectivity index (χ4n) is 1.73. The molecule has 0 saturated carbocycles. The fraction of sp³-hybridized carbons (Fsp3) is 0.583. The Balaban J connectivity index is 2.73. The molecule has 1 unspecified atom stereocenters. The summed E-state index contributed by atoms with van der Waals surface area (Å²) in [6.45, 7) is 4.93. The minimum atomic E-state index is -3.40. The molecule has 9 heteroatoms. The van der Waals surface area contributed by atoms with Gasteiger partial charge in [0.25, 0.3) is 0 Å². The Hall–Kier alpha value is -1.48. The Morgan fingerprint density at radius 3 is 2.52 bits per heavy atom. The smallest absolute Gasteiger partial charge is 0.347 e. The first-order chi connectivity index (χ1) is 9.66. The fourth-order valence-corrected chi connectivity index (χ4v) is 3.89. The number of hydrogen-bond donors (Lipinski definition) is 2. The van der Waals surface area contributed by atoms with Gasteiger partial charge in [0, 0.05) is 0 Å². The van der Waals surface area contributed by atoms with E-state index < -0.39 is 33.5 Å². The van der Waals surface area contributed by atoms with Gasteiger partial charge in [-0.1, -0.05) is 6.92 Å². The van der Waals surface area contributed by atoms with Crippen molar-refractivity contribution in [3.63, 3.8) is 0 Å². The van der Waals surface area contributed by atoms with E-state index in [0.29, 0.717) is 17.1 Å². The maximum atomic E-state index is 11.7. The van der Waals surface area contributed by atoms with Crippen molar-refractivity contribution in [1.29, 1.82) is 0 Å². The van der Waals surface area contributed by atoms with Gasteiger partial charge in [-0.3, -0.25) is 4.79 Å². The summed E-state index contributed by atoms with van der Waals surface area (Å²) < 4.78 is 23.1. The molecule has 0 radical (unpaired) electrons. The van der Waals surface area contributed by atoms with E-state index in [-0.39, 0.29) is 10.6 Å². The van der Waals surface area contributed by atoms with Crippen LogP contribution in [0.3, 0.4) is 0 Å². The summed E-state index contributed by atoms with van der Waals surface area (Å²) in [5, 5.41) is 11.9. The van der Waals surface area contributed by atoms with Crippen molar-refractivity contribution in [2.45, 2.75) is 33.2 Å². The van der Waals surface area contributed by atoms with Crippen LogP contribution in [0.2, 0.25) is 0 Å². The number of aromatic carboxylic acids is 1. The first-order valence-electron chi connectivity index (χ1n) is 6.36. The SMILES string of the molecule is CCCS(=O)(=O)CC(=O)NC(C)c1nc(C)c(C(=O)O)s1. The van der Waals surface area contributed by atoms with Gasteiger partial charge in [0.15, 0.2) is 9.84 Å². The lowest BCUT2D eigenvalue weighted by Gasteiger charge is -2.11. The lowest BCUT2D eigenvalue weighted by Crippen LogP contribution is -2.33. The summed E-state index contributed by atoms with van der Waals surface area (Å²) in [6, 6.07) is -0.536. The molecule has 0 aromatic carbocycles. The quantitative estimate of drug-likeness (QED) is 0.773. The lowest BCUT2D eigenvalue weighted by molar-refractivity contribution is -0.119. The third kappa shape index (κ3) is 5.09. The Bertz CT molecular complexity index is 636. The van der Waals surface area contributed by atoms with Crippen LogP contribution in [0.15, 0.2) is 0 Å². The van der Waals surface area contributed by atoms with Gasteiger partial charge >= 0.3 is 5.97 Å². The Morgan fingerprint density at radius 2 is 2.05 bits per heavy atom. The third-order valence-electron chi connectivity index (χ3n) is 2.62. The van der Waals surface area contributed by atoms with Gasteiger partial charge in [0.05, 0.1) is 17.5 Å². The van der Waals surface area contributed by atoms with E-state index in [1.54, 1.807) is 20.8 Å². The Morgan fingerprint density at radius 1 is 1.43 bits per heavy atom.